The Kier molecular flexibility index (Phi) is 4.28. The van der Waals surface area contributed by atoms with E-state index in [2.05, 4.69) is 4.98 Å². The maximum atomic E-state index is 12.7. The van der Waals surface area contributed by atoms with Crippen LogP contribution in [0, 0.1) is 12.3 Å². The van der Waals surface area contributed by atoms with Gasteiger partial charge in [-0.2, -0.15) is 0 Å². The lowest BCUT2D eigenvalue weighted by atomic mass is 9.80. The minimum atomic E-state index is -1.07. The van der Waals surface area contributed by atoms with Gasteiger partial charge in [-0.3, -0.25) is 9.59 Å². The van der Waals surface area contributed by atoms with Gasteiger partial charge in [0.05, 0.1) is 6.61 Å². The highest BCUT2D eigenvalue weighted by molar-refractivity contribution is 5.95. The van der Waals surface area contributed by atoms with Crippen molar-refractivity contribution in [1.29, 1.82) is 0 Å². The molecule has 1 aliphatic heterocycles. The van der Waals surface area contributed by atoms with Crippen molar-refractivity contribution in [3.05, 3.63) is 29.7 Å². The minimum absolute atomic E-state index is 0.0764. The van der Waals surface area contributed by atoms with Crippen LogP contribution in [0.2, 0.25) is 0 Å². The van der Waals surface area contributed by atoms with Crippen LogP contribution in [0.15, 0.2) is 22.6 Å². The number of hydrogen-bond donors (Lipinski definition) is 1. The summed E-state index contributed by atoms with van der Waals surface area (Å²) in [5.74, 6) is -1.07. The quantitative estimate of drug-likeness (QED) is 0.921. The number of rotatable bonds is 4. The Morgan fingerprint density at radius 2 is 2.25 bits per heavy atom. The molecule has 0 radical (unpaired) electrons. The van der Waals surface area contributed by atoms with Crippen molar-refractivity contribution in [2.24, 2.45) is 5.41 Å². The normalized spacial score (nSPS) is 21.2. The zero-order chi connectivity index (χ0) is 17.3. The second-order valence-electron chi connectivity index (χ2n) is 6.30. The van der Waals surface area contributed by atoms with Crippen molar-refractivity contribution >= 4 is 23.0 Å². The summed E-state index contributed by atoms with van der Waals surface area (Å²) in [6, 6.07) is 5.20. The average molecular weight is 332 g/mol. The fourth-order valence-corrected chi connectivity index (χ4v) is 3.22. The van der Waals surface area contributed by atoms with Crippen LogP contribution in [0.3, 0.4) is 0 Å². The number of piperidine rings is 1. The van der Waals surface area contributed by atoms with Gasteiger partial charge in [-0.25, -0.2) is 4.98 Å². The van der Waals surface area contributed by atoms with Crippen molar-refractivity contribution in [3.8, 4) is 0 Å². The SMILES string of the molecule is COCC1(C(=O)O)CCCN(C(=O)c2cc3nc(C)ccc3o2)C1. The van der Waals surface area contributed by atoms with Gasteiger partial charge in [0.25, 0.3) is 5.91 Å². The van der Waals surface area contributed by atoms with E-state index in [1.165, 1.54) is 12.0 Å². The van der Waals surface area contributed by atoms with Crippen LogP contribution in [0.4, 0.5) is 0 Å². The molecule has 0 aromatic carbocycles. The van der Waals surface area contributed by atoms with Crippen LogP contribution >= 0.6 is 0 Å². The number of amides is 1. The monoisotopic (exact) mass is 332 g/mol. The number of fused-ring (bicyclic) bond motifs is 1. The lowest BCUT2D eigenvalue weighted by Crippen LogP contribution is -2.52. The van der Waals surface area contributed by atoms with Crippen molar-refractivity contribution in [3.63, 3.8) is 0 Å². The van der Waals surface area contributed by atoms with Gasteiger partial charge in [0.1, 0.15) is 10.9 Å². The summed E-state index contributed by atoms with van der Waals surface area (Å²) in [4.78, 5) is 30.3. The summed E-state index contributed by atoms with van der Waals surface area (Å²) in [6.45, 7) is 2.55. The van der Waals surface area contributed by atoms with E-state index in [1.54, 1.807) is 12.1 Å². The third-order valence-electron chi connectivity index (χ3n) is 4.46. The topological polar surface area (TPSA) is 92.9 Å². The number of aryl methyl sites for hydroxylation is 1. The van der Waals surface area contributed by atoms with Crippen LogP contribution in [-0.2, 0) is 9.53 Å². The number of carbonyl (C=O) groups excluding carboxylic acids is 1. The Morgan fingerprint density at radius 3 is 2.96 bits per heavy atom. The van der Waals surface area contributed by atoms with Crippen molar-refractivity contribution < 1.29 is 23.8 Å². The molecule has 7 nitrogen and oxygen atoms in total. The molecule has 1 unspecified atom stereocenters. The molecule has 0 saturated carbocycles. The van der Waals surface area contributed by atoms with E-state index < -0.39 is 11.4 Å². The van der Waals surface area contributed by atoms with Gasteiger partial charge in [0, 0.05) is 32.0 Å². The fraction of sp³-hybridized carbons (Fsp3) is 0.471. The van der Waals surface area contributed by atoms with E-state index in [4.69, 9.17) is 9.15 Å². The largest absolute Gasteiger partial charge is 0.481 e. The van der Waals surface area contributed by atoms with Crippen molar-refractivity contribution in [2.75, 3.05) is 26.8 Å². The molecule has 1 amide bonds. The van der Waals surface area contributed by atoms with Gasteiger partial charge in [0.15, 0.2) is 11.3 Å². The molecule has 128 valence electrons. The molecular weight excluding hydrogens is 312 g/mol. The zero-order valence-corrected chi connectivity index (χ0v) is 13.7. The van der Waals surface area contributed by atoms with Crippen LogP contribution in [0.1, 0.15) is 29.1 Å². The van der Waals surface area contributed by atoms with E-state index in [1.807, 2.05) is 13.0 Å². The smallest absolute Gasteiger partial charge is 0.313 e. The Labute approximate surface area is 139 Å². The molecule has 0 bridgehead atoms. The standard InChI is InChI=1S/C17H20N2O5/c1-11-4-5-13-12(18-11)8-14(24-13)15(20)19-7-3-6-17(9-19,10-23-2)16(21)22/h4-5,8H,3,6-7,9-10H2,1-2H3,(H,21,22). The average Bonchev–Trinajstić information content (AvgIpc) is 2.97. The van der Waals surface area contributed by atoms with E-state index in [9.17, 15) is 14.7 Å². The van der Waals surface area contributed by atoms with E-state index in [-0.39, 0.29) is 24.8 Å². The van der Waals surface area contributed by atoms with Crippen LogP contribution < -0.4 is 0 Å². The molecule has 0 aliphatic carbocycles. The summed E-state index contributed by atoms with van der Waals surface area (Å²) >= 11 is 0. The lowest BCUT2D eigenvalue weighted by Gasteiger charge is -2.39. The Morgan fingerprint density at radius 1 is 1.46 bits per heavy atom. The van der Waals surface area contributed by atoms with Crippen LogP contribution in [0.5, 0.6) is 0 Å². The molecule has 3 heterocycles. The van der Waals surface area contributed by atoms with E-state index >= 15 is 0 Å². The highest BCUT2D eigenvalue weighted by atomic mass is 16.5. The Bertz CT molecular complexity index is 780. The number of nitrogens with zero attached hydrogens (tertiary/aromatic N) is 2. The highest BCUT2D eigenvalue weighted by Gasteiger charge is 2.44. The van der Waals surface area contributed by atoms with Crippen molar-refractivity contribution in [1.82, 2.24) is 9.88 Å². The number of aromatic nitrogens is 1. The number of pyridine rings is 1. The number of aliphatic carboxylic acids is 1. The molecular formula is C17H20N2O5. The molecule has 3 rings (SSSR count). The molecule has 1 atom stereocenters. The first kappa shape index (κ1) is 16.4. The third kappa shape index (κ3) is 2.87. The number of likely N-dealkylation sites (tertiary alicyclic amines) is 1. The van der Waals surface area contributed by atoms with Crippen molar-refractivity contribution in [2.45, 2.75) is 19.8 Å². The van der Waals surface area contributed by atoms with Gasteiger partial charge in [0.2, 0.25) is 0 Å². The molecule has 1 N–H and O–H groups in total. The fourth-order valence-electron chi connectivity index (χ4n) is 3.22. The number of carbonyl (C=O) groups is 2. The van der Waals surface area contributed by atoms with Crippen LogP contribution in [0.25, 0.3) is 11.1 Å². The molecule has 1 saturated heterocycles. The maximum absolute atomic E-state index is 12.7. The molecule has 1 fully saturated rings. The van der Waals surface area contributed by atoms with Gasteiger partial charge in [-0.05, 0) is 31.9 Å². The second-order valence-corrected chi connectivity index (χ2v) is 6.30. The molecule has 2 aromatic rings. The first-order chi connectivity index (χ1) is 11.4. The van der Waals surface area contributed by atoms with E-state index in [0.29, 0.717) is 30.5 Å². The van der Waals surface area contributed by atoms with E-state index in [0.717, 1.165) is 5.69 Å². The number of carboxylic acids is 1. The third-order valence-corrected chi connectivity index (χ3v) is 4.46. The zero-order valence-electron chi connectivity index (χ0n) is 13.7. The molecule has 24 heavy (non-hydrogen) atoms. The molecule has 0 spiro atoms. The number of furan rings is 1. The molecule has 2 aromatic heterocycles. The minimum Gasteiger partial charge on any atom is -0.481 e. The molecule has 1 aliphatic rings. The number of hydrogen-bond acceptors (Lipinski definition) is 5. The highest BCUT2D eigenvalue weighted by Crippen LogP contribution is 2.32. The lowest BCUT2D eigenvalue weighted by molar-refractivity contribution is -0.155. The van der Waals surface area contributed by atoms with Crippen LogP contribution in [-0.4, -0.2) is 53.7 Å². The predicted octanol–water partition coefficient (Wildman–Crippen LogP) is 2.09. The van der Waals surface area contributed by atoms with Gasteiger partial charge < -0.3 is 19.2 Å². The number of ether oxygens (including phenoxy) is 1. The first-order valence-corrected chi connectivity index (χ1v) is 7.84. The summed E-state index contributed by atoms with van der Waals surface area (Å²) in [6.07, 6.45) is 1.10. The predicted molar refractivity (Wildman–Crippen MR) is 85.8 cm³/mol. The van der Waals surface area contributed by atoms with Gasteiger partial charge in [-0.1, -0.05) is 0 Å². The Hall–Kier alpha value is -2.41. The number of methoxy groups -OCH3 is 1. The summed E-state index contributed by atoms with van der Waals surface area (Å²) in [5.41, 5.74) is 0.938. The number of carboxylic acid groups (broad SMARTS) is 1. The van der Waals surface area contributed by atoms with Gasteiger partial charge >= 0.3 is 5.97 Å². The second kappa shape index (κ2) is 6.24. The summed E-state index contributed by atoms with van der Waals surface area (Å²) < 4.78 is 10.7. The summed E-state index contributed by atoms with van der Waals surface area (Å²) in [7, 11) is 1.47. The summed E-state index contributed by atoms with van der Waals surface area (Å²) in [5, 5.41) is 9.58. The maximum Gasteiger partial charge on any atom is 0.313 e. The first-order valence-electron chi connectivity index (χ1n) is 7.84. The molecule has 7 heteroatoms. The van der Waals surface area contributed by atoms with Gasteiger partial charge in [-0.15, -0.1) is 0 Å². The Balaban J connectivity index is 1.86.